The molecule has 1 aliphatic rings. The van der Waals surface area contributed by atoms with Gasteiger partial charge >= 0.3 is 0 Å². The largest absolute Gasteiger partial charge is 0.491 e. The molecule has 0 aliphatic carbocycles. The molecule has 1 aliphatic heterocycles. The van der Waals surface area contributed by atoms with Crippen molar-refractivity contribution < 1.29 is 14.3 Å². The number of pyridine rings is 1. The molecule has 2 aromatic heterocycles. The molecule has 0 spiro atoms. The van der Waals surface area contributed by atoms with Crippen molar-refractivity contribution in [1.29, 1.82) is 0 Å². The standard InChI is InChI=1S/C29H41N7O3/c1-29(2)6-9-35(10-7-29)18-21-4-5-27-34-22(20-36(27)19-21)16-33-28(37)24-14-23(39-13-12-38-11-8-30)15-26(31)25(24)17-32-3/h4-5,14-15,17,19-20H,6-13,16,18,30-31H2,1-3H3,(H,33,37). The highest BCUT2D eigenvalue weighted by atomic mass is 16.5. The molecular formula is C29H41N7O3. The van der Waals surface area contributed by atoms with Crippen LogP contribution in [0.15, 0.2) is 41.7 Å². The van der Waals surface area contributed by atoms with Gasteiger partial charge in [0.15, 0.2) is 0 Å². The Labute approximate surface area is 230 Å². The number of aromatic nitrogens is 2. The van der Waals surface area contributed by atoms with Gasteiger partial charge < -0.3 is 30.7 Å². The van der Waals surface area contributed by atoms with E-state index in [4.69, 9.17) is 20.9 Å². The van der Waals surface area contributed by atoms with Crippen molar-refractivity contribution in [3.05, 3.63) is 59.0 Å². The average Bonchev–Trinajstić information content (AvgIpc) is 3.32. The van der Waals surface area contributed by atoms with Crippen molar-refractivity contribution in [2.45, 2.75) is 39.8 Å². The average molecular weight is 536 g/mol. The van der Waals surface area contributed by atoms with Crippen molar-refractivity contribution in [2.75, 3.05) is 52.2 Å². The Kier molecular flexibility index (Phi) is 9.55. The number of hydrogen-bond donors (Lipinski definition) is 3. The lowest BCUT2D eigenvalue weighted by Crippen LogP contribution is -2.36. The first kappa shape index (κ1) is 28.5. The van der Waals surface area contributed by atoms with Gasteiger partial charge in [-0.05, 0) is 49.0 Å². The minimum Gasteiger partial charge on any atom is -0.491 e. The smallest absolute Gasteiger partial charge is 0.252 e. The zero-order valence-corrected chi connectivity index (χ0v) is 23.3. The van der Waals surface area contributed by atoms with Crippen LogP contribution in [0.5, 0.6) is 5.75 Å². The number of piperidine rings is 1. The number of rotatable bonds is 12. The van der Waals surface area contributed by atoms with Gasteiger partial charge in [0.05, 0.1) is 31.0 Å². The quantitative estimate of drug-likeness (QED) is 0.185. The maximum Gasteiger partial charge on any atom is 0.252 e. The minimum absolute atomic E-state index is 0.275. The molecule has 10 nitrogen and oxygen atoms in total. The molecule has 4 rings (SSSR count). The number of amides is 1. The van der Waals surface area contributed by atoms with E-state index in [1.165, 1.54) is 18.4 Å². The molecule has 1 fully saturated rings. The van der Waals surface area contributed by atoms with Gasteiger partial charge in [-0.3, -0.25) is 14.7 Å². The number of anilines is 1. The van der Waals surface area contributed by atoms with Crippen LogP contribution >= 0.6 is 0 Å². The van der Waals surface area contributed by atoms with Crippen LogP contribution < -0.4 is 21.5 Å². The van der Waals surface area contributed by atoms with Crippen molar-refractivity contribution in [3.63, 3.8) is 0 Å². The van der Waals surface area contributed by atoms with Crippen LogP contribution in [0.25, 0.3) is 5.65 Å². The maximum absolute atomic E-state index is 13.2. The Morgan fingerprint density at radius 2 is 1.97 bits per heavy atom. The van der Waals surface area contributed by atoms with E-state index in [1.54, 1.807) is 25.4 Å². The summed E-state index contributed by atoms with van der Waals surface area (Å²) in [5, 5.41) is 2.97. The van der Waals surface area contributed by atoms with Crippen molar-refractivity contribution in [1.82, 2.24) is 19.6 Å². The van der Waals surface area contributed by atoms with E-state index < -0.39 is 0 Å². The molecule has 3 heterocycles. The van der Waals surface area contributed by atoms with E-state index in [1.807, 2.05) is 16.7 Å². The Balaban J connectivity index is 1.40. The molecule has 39 heavy (non-hydrogen) atoms. The molecule has 3 aromatic rings. The molecule has 0 unspecified atom stereocenters. The molecule has 0 bridgehead atoms. The number of hydrogen-bond acceptors (Lipinski definition) is 8. The molecule has 1 amide bonds. The fraction of sp³-hybridized carbons (Fsp3) is 0.483. The van der Waals surface area contributed by atoms with E-state index in [0.29, 0.717) is 54.3 Å². The van der Waals surface area contributed by atoms with Gasteiger partial charge in [-0.2, -0.15) is 0 Å². The number of likely N-dealkylation sites (tertiary alicyclic amines) is 1. The number of carbonyl (C=O) groups excluding carboxylic acids is 1. The number of imidazole rings is 1. The summed E-state index contributed by atoms with van der Waals surface area (Å²) in [7, 11) is 1.64. The lowest BCUT2D eigenvalue weighted by atomic mass is 9.82. The summed E-state index contributed by atoms with van der Waals surface area (Å²) >= 11 is 0. The Hall–Kier alpha value is -3.47. The summed E-state index contributed by atoms with van der Waals surface area (Å²) in [5.41, 5.74) is 16.3. The van der Waals surface area contributed by atoms with Gasteiger partial charge in [0.1, 0.15) is 18.0 Å². The number of nitrogens with one attached hydrogen (secondary N) is 1. The van der Waals surface area contributed by atoms with Crippen molar-refractivity contribution in [3.8, 4) is 5.75 Å². The summed E-state index contributed by atoms with van der Waals surface area (Å²) in [6, 6.07) is 7.52. The Morgan fingerprint density at radius 1 is 1.18 bits per heavy atom. The third-order valence-corrected chi connectivity index (χ3v) is 7.06. The fourth-order valence-corrected chi connectivity index (χ4v) is 4.71. The van der Waals surface area contributed by atoms with Crippen LogP contribution in [0, 0.1) is 5.41 Å². The number of ether oxygens (including phenoxy) is 2. The van der Waals surface area contributed by atoms with E-state index in [2.05, 4.69) is 46.3 Å². The van der Waals surface area contributed by atoms with Gasteiger partial charge in [-0.25, -0.2) is 4.98 Å². The Morgan fingerprint density at radius 3 is 2.72 bits per heavy atom. The second-order valence-corrected chi connectivity index (χ2v) is 10.8. The van der Waals surface area contributed by atoms with Crippen LogP contribution in [0.4, 0.5) is 5.69 Å². The van der Waals surface area contributed by atoms with Gasteiger partial charge in [0, 0.05) is 56.1 Å². The van der Waals surface area contributed by atoms with Gasteiger partial charge in [0.25, 0.3) is 5.91 Å². The summed E-state index contributed by atoms with van der Waals surface area (Å²) < 4.78 is 13.1. The number of nitrogens with zero attached hydrogens (tertiary/aromatic N) is 4. The zero-order valence-electron chi connectivity index (χ0n) is 23.3. The number of carbonyl (C=O) groups is 1. The summed E-state index contributed by atoms with van der Waals surface area (Å²) in [6.07, 6.45) is 8.11. The number of fused-ring (bicyclic) bond motifs is 1. The second-order valence-electron chi connectivity index (χ2n) is 10.8. The first-order valence-corrected chi connectivity index (χ1v) is 13.5. The van der Waals surface area contributed by atoms with Gasteiger partial charge in [-0.15, -0.1) is 0 Å². The third kappa shape index (κ3) is 7.78. The highest BCUT2D eigenvalue weighted by Crippen LogP contribution is 2.30. The van der Waals surface area contributed by atoms with E-state index in [0.717, 1.165) is 31.0 Å². The zero-order chi connectivity index (χ0) is 27.8. The van der Waals surface area contributed by atoms with Crippen molar-refractivity contribution in [2.24, 2.45) is 16.1 Å². The van der Waals surface area contributed by atoms with E-state index in [9.17, 15) is 4.79 Å². The summed E-state index contributed by atoms with van der Waals surface area (Å²) in [5.74, 6) is 0.201. The fourth-order valence-electron chi connectivity index (χ4n) is 4.71. The van der Waals surface area contributed by atoms with Gasteiger partial charge in [-0.1, -0.05) is 19.9 Å². The SMILES string of the molecule is CN=Cc1c(N)cc(OCCOCCN)cc1C(=O)NCc1cn2cc(CN3CCC(C)(C)CC3)ccc2n1. The lowest BCUT2D eigenvalue weighted by Gasteiger charge is -2.36. The van der Waals surface area contributed by atoms with Crippen LogP contribution in [-0.4, -0.2) is 72.9 Å². The van der Waals surface area contributed by atoms with Crippen LogP contribution in [0.3, 0.4) is 0 Å². The molecule has 1 saturated heterocycles. The molecule has 1 aromatic carbocycles. The highest BCUT2D eigenvalue weighted by Gasteiger charge is 2.25. The predicted molar refractivity (Wildman–Crippen MR) is 154 cm³/mol. The normalized spacial score (nSPS) is 15.7. The first-order chi connectivity index (χ1) is 18.8. The molecule has 0 radical (unpaired) electrons. The molecule has 210 valence electrons. The summed E-state index contributed by atoms with van der Waals surface area (Å²) in [4.78, 5) is 24.5. The third-order valence-electron chi connectivity index (χ3n) is 7.06. The maximum atomic E-state index is 13.2. The van der Waals surface area contributed by atoms with E-state index >= 15 is 0 Å². The first-order valence-electron chi connectivity index (χ1n) is 13.5. The van der Waals surface area contributed by atoms with Crippen LogP contribution in [0.1, 0.15) is 53.9 Å². The molecular weight excluding hydrogens is 494 g/mol. The predicted octanol–water partition coefficient (Wildman–Crippen LogP) is 2.87. The highest BCUT2D eigenvalue weighted by molar-refractivity contribution is 6.05. The number of nitrogen functional groups attached to an aromatic ring is 1. The number of benzene rings is 1. The molecule has 10 heteroatoms. The molecule has 5 N–H and O–H groups in total. The monoisotopic (exact) mass is 535 g/mol. The second kappa shape index (κ2) is 13.1. The van der Waals surface area contributed by atoms with Gasteiger partial charge in [0.2, 0.25) is 0 Å². The summed E-state index contributed by atoms with van der Waals surface area (Å²) in [6.45, 7) is 9.77. The van der Waals surface area contributed by atoms with Crippen LogP contribution in [-0.2, 0) is 17.8 Å². The topological polar surface area (TPSA) is 132 Å². The molecule has 0 saturated carbocycles. The van der Waals surface area contributed by atoms with E-state index in [-0.39, 0.29) is 12.5 Å². The van der Waals surface area contributed by atoms with Crippen LogP contribution in [0.2, 0.25) is 0 Å². The Bertz CT molecular complexity index is 1290. The lowest BCUT2D eigenvalue weighted by molar-refractivity contribution is 0.0948. The number of nitrogens with two attached hydrogens (primary N) is 2. The minimum atomic E-state index is -0.285. The molecule has 0 atom stereocenters. The number of aliphatic imine (C=N–C) groups is 1. The van der Waals surface area contributed by atoms with Crippen molar-refractivity contribution >= 4 is 23.5 Å².